The largest absolute Gasteiger partial charge is 0.456 e. The third-order valence-electron chi connectivity index (χ3n) is 3.21. The van der Waals surface area contributed by atoms with Crippen LogP contribution in [0.4, 0.5) is 0 Å². The van der Waals surface area contributed by atoms with Gasteiger partial charge in [0.25, 0.3) is 5.56 Å². The number of hydrogen-bond donors (Lipinski definition) is 0. The van der Waals surface area contributed by atoms with E-state index in [9.17, 15) is 18.0 Å². The van der Waals surface area contributed by atoms with E-state index in [0.29, 0.717) is 10.7 Å². The van der Waals surface area contributed by atoms with Crippen LogP contribution in [-0.4, -0.2) is 30.0 Å². The normalized spacial score (nSPS) is 11.5. The number of benzene rings is 1. The second-order valence-corrected chi connectivity index (χ2v) is 7.91. The van der Waals surface area contributed by atoms with E-state index in [1.54, 1.807) is 11.6 Å². The van der Waals surface area contributed by atoms with Gasteiger partial charge < -0.3 is 4.74 Å². The maximum Gasteiger partial charge on any atom is 0.338 e. The van der Waals surface area contributed by atoms with E-state index in [4.69, 9.17) is 4.74 Å². The zero-order valence-electron chi connectivity index (χ0n) is 12.5. The van der Waals surface area contributed by atoms with Gasteiger partial charge >= 0.3 is 5.97 Å². The van der Waals surface area contributed by atoms with Gasteiger partial charge in [-0.2, -0.15) is 0 Å². The Morgan fingerprint density at radius 1 is 1.33 bits per heavy atom. The Bertz CT molecular complexity index is 1080. The Hall–Kier alpha value is -2.52. The first kappa shape index (κ1) is 16.3. The summed E-state index contributed by atoms with van der Waals surface area (Å²) in [5.41, 5.74) is 0.188. The molecule has 0 amide bonds. The van der Waals surface area contributed by atoms with E-state index in [-0.39, 0.29) is 22.6 Å². The van der Waals surface area contributed by atoms with Crippen LogP contribution < -0.4 is 5.56 Å². The van der Waals surface area contributed by atoms with Crippen molar-refractivity contribution in [3.05, 3.63) is 63.5 Å². The fourth-order valence-electron chi connectivity index (χ4n) is 2.04. The van der Waals surface area contributed by atoms with E-state index in [0.717, 1.165) is 6.26 Å². The molecule has 0 spiro atoms. The molecule has 3 aromatic rings. The van der Waals surface area contributed by atoms with Crippen LogP contribution in [0.2, 0.25) is 0 Å². The lowest BCUT2D eigenvalue weighted by atomic mass is 10.2. The fraction of sp³-hybridized carbons (Fsp3) is 0.133. The van der Waals surface area contributed by atoms with Gasteiger partial charge in [-0.05, 0) is 18.2 Å². The minimum Gasteiger partial charge on any atom is -0.456 e. The summed E-state index contributed by atoms with van der Waals surface area (Å²) in [5, 5.41) is 1.73. The SMILES string of the molecule is CS(=O)(=O)c1cccc(C(=O)OCc2cc(=O)n3ccsc3n2)c1. The first-order valence-electron chi connectivity index (χ1n) is 6.77. The molecule has 124 valence electrons. The minimum absolute atomic E-state index is 0.0355. The number of carbonyl (C=O) groups excluding carboxylic acids is 1. The van der Waals surface area contributed by atoms with Crippen molar-refractivity contribution in [2.75, 3.05) is 6.26 Å². The Labute approximate surface area is 141 Å². The number of esters is 1. The standard InChI is InChI=1S/C15H12N2O5S2/c1-24(20,21)12-4-2-3-10(7-12)14(19)22-9-11-8-13(18)17-5-6-23-15(17)16-11/h2-8H,9H2,1H3. The first-order valence-corrected chi connectivity index (χ1v) is 9.55. The molecule has 9 heteroatoms. The van der Waals surface area contributed by atoms with Gasteiger partial charge in [-0.1, -0.05) is 6.07 Å². The summed E-state index contributed by atoms with van der Waals surface area (Å²) in [6, 6.07) is 6.87. The molecule has 0 fully saturated rings. The summed E-state index contributed by atoms with van der Waals surface area (Å²) >= 11 is 1.30. The van der Waals surface area contributed by atoms with Gasteiger partial charge in [-0.15, -0.1) is 11.3 Å². The maximum absolute atomic E-state index is 12.1. The van der Waals surface area contributed by atoms with Crippen LogP contribution in [-0.2, 0) is 21.2 Å². The molecule has 0 N–H and O–H groups in total. The molecule has 0 aliphatic heterocycles. The van der Waals surface area contributed by atoms with Gasteiger partial charge in [0.1, 0.15) is 6.61 Å². The zero-order chi connectivity index (χ0) is 17.3. The second-order valence-electron chi connectivity index (χ2n) is 5.02. The van der Waals surface area contributed by atoms with Crippen LogP contribution in [0, 0.1) is 0 Å². The topological polar surface area (TPSA) is 94.8 Å². The Kier molecular flexibility index (Phi) is 4.20. The molecule has 0 saturated carbocycles. The van der Waals surface area contributed by atoms with Crippen molar-refractivity contribution in [2.45, 2.75) is 11.5 Å². The number of hydrogen-bond acceptors (Lipinski definition) is 7. The van der Waals surface area contributed by atoms with E-state index in [1.807, 2.05) is 0 Å². The first-order chi connectivity index (χ1) is 11.3. The van der Waals surface area contributed by atoms with Crippen LogP contribution in [0.1, 0.15) is 16.1 Å². The van der Waals surface area contributed by atoms with Crippen molar-refractivity contribution >= 4 is 32.1 Å². The number of aromatic nitrogens is 2. The van der Waals surface area contributed by atoms with Gasteiger partial charge in [0, 0.05) is 23.9 Å². The van der Waals surface area contributed by atoms with Crippen LogP contribution in [0.15, 0.2) is 51.6 Å². The molecule has 0 aliphatic rings. The third-order valence-corrected chi connectivity index (χ3v) is 5.07. The average molecular weight is 364 g/mol. The molecule has 3 rings (SSSR count). The summed E-state index contributed by atoms with van der Waals surface area (Å²) in [5.74, 6) is -0.686. The molecule has 0 aliphatic carbocycles. The second kappa shape index (κ2) is 6.17. The number of ether oxygens (including phenoxy) is 1. The highest BCUT2D eigenvalue weighted by atomic mass is 32.2. The molecule has 2 aromatic heterocycles. The molecule has 0 atom stereocenters. The number of sulfone groups is 1. The molecule has 7 nitrogen and oxygen atoms in total. The van der Waals surface area contributed by atoms with Gasteiger partial charge in [-0.25, -0.2) is 18.2 Å². The lowest BCUT2D eigenvalue weighted by Crippen LogP contribution is -2.14. The Balaban J connectivity index is 1.78. The number of thiazole rings is 1. The molecule has 24 heavy (non-hydrogen) atoms. The highest BCUT2D eigenvalue weighted by molar-refractivity contribution is 7.90. The Morgan fingerprint density at radius 2 is 2.12 bits per heavy atom. The van der Waals surface area contributed by atoms with Gasteiger partial charge in [0.2, 0.25) is 0 Å². The number of carbonyl (C=O) groups is 1. The minimum atomic E-state index is -3.41. The van der Waals surface area contributed by atoms with E-state index in [1.165, 1.54) is 46.1 Å². The van der Waals surface area contributed by atoms with Crippen LogP contribution >= 0.6 is 11.3 Å². The van der Waals surface area contributed by atoms with E-state index >= 15 is 0 Å². The highest BCUT2D eigenvalue weighted by Gasteiger charge is 2.13. The smallest absolute Gasteiger partial charge is 0.338 e. The molecule has 0 unspecified atom stereocenters. The third kappa shape index (κ3) is 3.36. The molecule has 2 heterocycles. The Morgan fingerprint density at radius 3 is 2.88 bits per heavy atom. The lowest BCUT2D eigenvalue weighted by molar-refractivity contribution is 0.0467. The van der Waals surface area contributed by atoms with Gasteiger partial charge in [0.05, 0.1) is 16.2 Å². The molecule has 0 bridgehead atoms. The zero-order valence-corrected chi connectivity index (χ0v) is 14.1. The quantitative estimate of drug-likeness (QED) is 0.652. The summed E-state index contributed by atoms with van der Waals surface area (Å²) in [6.45, 7) is -0.175. The van der Waals surface area contributed by atoms with Gasteiger partial charge in [-0.3, -0.25) is 9.20 Å². The predicted molar refractivity (Wildman–Crippen MR) is 88.0 cm³/mol. The molecule has 0 radical (unpaired) electrons. The molecule has 1 aromatic carbocycles. The average Bonchev–Trinajstić information content (AvgIpc) is 3.01. The monoisotopic (exact) mass is 364 g/mol. The fourth-order valence-corrected chi connectivity index (χ4v) is 3.44. The van der Waals surface area contributed by atoms with Crippen molar-refractivity contribution in [3.8, 4) is 0 Å². The van der Waals surface area contributed by atoms with Crippen LogP contribution in [0.25, 0.3) is 4.96 Å². The summed E-state index contributed by atoms with van der Waals surface area (Å²) in [6.07, 6.45) is 2.67. The van der Waals surface area contributed by atoms with E-state index in [2.05, 4.69) is 4.98 Å². The lowest BCUT2D eigenvalue weighted by Gasteiger charge is -2.06. The van der Waals surface area contributed by atoms with Crippen molar-refractivity contribution in [3.63, 3.8) is 0 Å². The van der Waals surface area contributed by atoms with Crippen molar-refractivity contribution in [2.24, 2.45) is 0 Å². The maximum atomic E-state index is 12.1. The molecular weight excluding hydrogens is 352 g/mol. The van der Waals surface area contributed by atoms with E-state index < -0.39 is 15.8 Å². The summed E-state index contributed by atoms with van der Waals surface area (Å²) in [4.78, 5) is 28.7. The highest BCUT2D eigenvalue weighted by Crippen LogP contribution is 2.13. The molecular formula is C15H12N2O5S2. The number of fused-ring (bicyclic) bond motifs is 1. The predicted octanol–water partition coefficient (Wildman–Crippen LogP) is 1.52. The van der Waals surface area contributed by atoms with Crippen molar-refractivity contribution < 1.29 is 17.9 Å². The summed E-state index contributed by atoms with van der Waals surface area (Å²) in [7, 11) is -3.41. The van der Waals surface area contributed by atoms with Crippen molar-refractivity contribution in [1.82, 2.24) is 9.38 Å². The number of rotatable bonds is 4. The van der Waals surface area contributed by atoms with Gasteiger partial charge in [0.15, 0.2) is 14.8 Å². The molecule has 0 saturated heterocycles. The van der Waals surface area contributed by atoms with Crippen molar-refractivity contribution in [1.29, 1.82) is 0 Å². The van der Waals surface area contributed by atoms with Crippen LogP contribution in [0.5, 0.6) is 0 Å². The number of nitrogens with zero attached hydrogens (tertiary/aromatic N) is 2. The van der Waals surface area contributed by atoms with Crippen LogP contribution in [0.3, 0.4) is 0 Å². The summed E-state index contributed by atoms with van der Waals surface area (Å²) < 4.78 is 29.6.